The number of aromatic nitrogens is 1. The summed E-state index contributed by atoms with van der Waals surface area (Å²) in [4.78, 5) is 3.78. The Bertz CT molecular complexity index is 1140. The summed E-state index contributed by atoms with van der Waals surface area (Å²) in [5.74, 6) is 0. The van der Waals surface area contributed by atoms with Crippen LogP contribution in [0.1, 0.15) is 42.4 Å². The molecule has 3 aromatic rings. The van der Waals surface area contributed by atoms with E-state index in [0.29, 0.717) is 11.4 Å². The van der Waals surface area contributed by atoms with Crippen molar-refractivity contribution in [3.63, 3.8) is 0 Å². The van der Waals surface area contributed by atoms with E-state index in [-0.39, 0.29) is 5.41 Å². The smallest absolute Gasteiger partial charge is 0.242 e. The third-order valence-electron chi connectivity index (χ3n) is 6.57. The third-order valence-corrected chi connectivity index (χ3v) is 8.37. The van der Waals surface area contributed by atoms with Gasteiger partial charge in [-0.1, -0.05) is 24.3 Å². The Hall–Kier alpha value is -2.11. The summed E-state index contributed by atoms with van der Waals surface area (Å²) in [5.41, 5.74) is 4.80. The molecule has 0 bridgehead atoms. The van der Waals surface area contributed by atoms with Gasteiger partial charge in [0.25, 0.3) is 0 Å². The second kappa shape index (κ2) is 6.46. The number of likely N-dealkylation sites (N-methyl/N-ethyl adjacent to an activating group) is 1. The number of aryl methyl sites for hydroxylation is 2. The summed E-state index contributed by atoms with van der Waals surface area (Å²) in [5, 5.41) is 1.21. The number of hydrogen-bond donors (Lipinski definition) is 1. The quantitative estimate of drug-likeness (QED) is 0.697. The van der Waals surface area contributed by atoms with E-state index < -0.39 is 10.0 Å². The lowest BCUT2D eigenvalue weighted by Gasteiger charge is -2.24. The van der Waals surface area contributed by atoms with Crippen molar-refractivity contribution in [2.24, 2.45) is 0 Å². The normalized spacial score (nSPS) is 18.4. The number of para-hydroxylation sites is 1. The van der Waals surface area contributed by atoms with Gasteiger partial charge in [-0.25, -0.2) is 12.7 Å². The van der Waals surface area contributed by atoms with Crippen molar-refractivity contribution in [1.29, 1.82) is 0 Å². The molecule has 2 aliphatic carbocycles. The van der Waals surface area contributed by atoms with Crippen LogP contribution in [0.15, 0.2) is 53.6 Å². The second-order valence-electron chi connectivity index (χ2n) is 8.43. The molecule has 0 atom stereocenters. The summed E-state index contributed by atoms with van der Waals surface area (Å²) >= 11 is 0. The first-order valence-electron chi connectivity index (χ1n) is 10.1. The standard InChI is InChI=1S/C23H26N2O2S/c1-25(28(26,27)19-11-10-17-6-2-3-7-18(17)14-19)16-23(12-13-23)21-15-24-22-9-5-4-8-20(21)22/h4-5,8-11,14-15,24H,2-3,6-7,12-13,16H2,1H3. The van der Waals surface area contributed by atoms with Crippen molar-refractivity contribution in [3.05, 3.63) is 65.4 Å². The Kier molecular flexibility index (Phi) is 4.14. The maximum absolute atomic E-state index is 13.3. The predicted octanol–water partition coefficient (Wildman–Crippen LogP) is 4.40. The molecule has 5 heteroatoms. The van der Waals surface area contributed by atoms with Crippen molar-refractivity contribution >= 4 is 20.9 Å². The number of aromatic amines is 1. The van der Waals surface area contributed by atoms with E-state index in [4.69, 9.17) is 0 Å². The van der Waals surface area contributed by atoms with Crippen molar-refractivity contribution < 1.29 is 8.42 Å². The maximum Gasteiger partial charge on any atom is 0.242 e. The van der Waals surface area contributed by atoms with Crippen molar-refractivity contribution in [3.8, 4) is 0 Å². The molecule has 0 spiro atoms. The highest BCUT2D eigenvalue weighted by Crippen LogP contribution is 2.51. The van der Waals surface area contributed by atoms with Gasteiger partial charge in [0.15, 0.2) is 0 Å². The zero-order valence-electron chi connectivity index (χ0n) is 16.2. The van der Waals surface area contributed by atoms with E-state index >= 15 is 0 Å². The van der Waals surface area contributed by atoms with Gasteiger partial charge in [0.05, 0.1) is 4.90 Å². The van der Waals surface area contributed by atoms with Crippen molar-refractivity contribution in [2.75, 3.05) is 13.6 Å². The topological polar surface area (TPSA) is 53.2 Å². The van der Waals surface area contributed by atoms with Gasteiger partial charge in [0.2, 0.25) is 10.0 Å². The fourth-order valence-electron chi connectivity index (χ4n) is 4.74. The van der Waals surface area contributed by atoms with Gasteiger partial charge < -0.3 is 4.98 Å². The van der Waals surface area contributed by atoms with Crippen molar-refractivity contribution in [1.82, 2.24) is 9.29 Å². The number of sulfonamides is 1. The zero-order chi connectivity index (χ0) is 19.4. The number of H-pyrrole nitrogens is 1. The Morgan fingerprint density at radius 1 is 1.04 bits per heavy atom. The molecule has 0 radical (unpaired) electrons. The van der Waals surface area contributed by atoms with E-state index in [1.807, 2.05) is 24.3 Å². The summed E-state index contributed by atoms with van der Waals surface area (Å²) in [6.45, 7) is 0.522. The lowest BCUT2D eigenvalue weighted by atomic mass is 9.92. The zero-order valence-corrected chi connectivity index (χ0v) is 17.1. The molecule has 1 fully saturated rings. The minimum Gasteiger partial charge on any atom is -0.361 e. The van der Waals surface area contributed by atoms with Gasteiger partial charge in [-0.05, 0) is 73.4 Å². The largest absolute Gasteiger partial charge is 0.361 e. The third kappa shape index (κ3) is 2.88. The van der Waals surface area contributed by atoms with Gasteiger partial charge >= 0.3 is 0 Å². The number of benzene rings is 2. The van der Waals surface area contributed by atoms with Crippen molar-refractivity contribution in [2.45, 2.75) is 48.8 Å². The minimum atomic E-state index is -3.49. The summed E-state index contributed by atoms with van der Waals surface area (Å²) < 4.78 is 28.1. The van der Waals surface area contributed by atoms with E-state index in [9.17, 15) is 8.42 Å². The van der Waals surface area contributed by atoms with Crippen LogP contribution in [0.4, 0.5) is 0 Å². The highest BCUT2D eigenvalue weighted by Gasteiger charge is 2.48. The molecule has 5 rings (SSSR count). The van der Waals surface area contributed by atoms with Crippen LogP contribution < -0.4 is 0 Å². The fraction of sp³-hybridized carbons (Fsp3) is 0.391. The number of fused-ring (bicyclic) bond motifs is 2. The van der Waals surface area contributed by atoms with Crippen LogP contribution in [0, 0.1) is 0 Å². The molecule has 0 amide bonds. The van der Waals surface area contributed by atoms with Gasteiger partial charge in [0, 0.05) is 36.1 Å². The second-order valence-corrected chi connectivity index (χ2v) is 10.5. The lowest BCUT2D eigenvalue weighted by molar-refractivity contribution is 0.428. The Labute approximate surface area is 166 Å². The van der Waals surface area contributed by atoms with Crippen LogP contribution in [0.3, 0.4) is 0 Å². The van der Waals surface area contributed by atoms with Gasteiger partial charge in [-0.15, -0.1) is 0 Å². The minimum absolute atomic E-state index is 0.0738. The van der Waals surface area contributed by atoms with Gasteiger partial charge in [-0.3, -0.25) is 0 Å². The molecule has 1 saturated carbocycles. The molecule has 1 heterocycles. The molecule has 0 aliphatic heterocycles. The molecule has 1 N–H and O–H groups in total. The number of rotatable bonds is 5. The van der Waals surface area contributed by atoms with E-state index in [1.165, 1.54) is 28.5 Å². The van der Waals surface area contributed by atoms with Crippen LogP contribution in [0.5, 0.6) is 0 Å². The highest BCUT2D eigenvalue weighted by molar-refractivity contribution is 7.89. The fourth-order valence-corrected chi connectivity index (χ4v) is 6.04. The first-order valence-corrected chi connectivity index (χ1v) is 11.6. The summed E-state index contributed by atoms with van der Waals surface area (Å²) in [7, 11) is -1.76. The number of nitrogens with one attached hydrogen (secondary N) is 1. The molecule has 2 aromatic carbocycles. The number of hydrogen-bond acceptors (Lipinski definition) is 2. The summed E-state index contributed by atoms with van der Waals surface area (Å²) in [6, 6.07) is 14.0. The first kappa shape index (κ1) is 18.0. The SMILES string of the molecule is CN(CC1(c2c[nH]c3ccccc23)CC1)S(=O)(=O)c1ccc2c(c1)CCCC2. The lowest BCUT2D eigenvalue weighted by Crippen LogP contribution is -2.34. The van der Waals surface area contributed by atoms with E-state index in [2.05, 4.69) is 23.3 Å². The van der Waals surface area contributed by atoms with Gasteiger partial charge in [0.1, 0.15) is 0 Å². The first-order chi connectivity index (χ1) is 13.5. The maximum atomic E-state index is 13.3. The Balaban J connectivity index is 1.44. The van der Waals surface area contributed by atoms with Gasteiger partial charge in [-0.2, -0.15) is 0 Å². The van der Waals surface area contributed by atoms with Crippen LogP contribution in [-0.2, 0) is 28.3 Å². The molecule has 146 valence electrons. The molecule has 0 unspecified atom stereocenters. The van der Waals surface area contributed by atoms with Crippen LogP contribution in [0.25, 0.3) is 10.9 Å². The Morgan fingerprint density at radius 2 is 1.79 bits per heavy atom. The average molecular weight is 395 g/mol. The molecule has 28 heavy (non-hydrogen) atoms. The summed E-state index contributed by atoms with van der Waals surface area (Å²) in [6.07, 6.45) is 8.52. The molecule has 2 aliphatic rings. The predicted molar refractivity (Wildman–Crippen MR) is 112 cm³/mol. The molecule has 4 nitrogen and oxygen atoms in total. The highest BCUT2D eigenvalue weighted by atomic mass is 32.2. The van der Waals surface area contributed by atoms with Crippen LogP contribution >= 0.6 is 0 Å². The number of nitrogens with zero attached hydrogens (tertiary/aromatic N) is 1. The average Bonchev–Trinajstić information content (AvgIpc) is 3.35. The monoisotopic (exact) mass is 394 g/mol. The van der Waals surface area contributed by atoms with Crippen LogP contribution in [0.2, 0.25) is 0 Å². The van der Waals surface area contributed by atoms with E-state index in [0.717, 1.165) is 37.6 Å². The molecule has 0 saturated heterocycles. The molecule has 1 aromatic heterocycles. The molecular weight excluding hydrogens is 368 g/mol. The van der Waals surface area contributed by atoms with E-state index in [1.54, 1.807) is 17.4 Å². The Morgan fingerprint density at radius 3 is 2.57 bits per heavy atom. The van der Waals surface area contributed by atoms with Crippen LogP contribution in [-0.4, -0.2) is 31.3 Å². The molecular formula is C23H26N2O2S.